The van der Waals surface area contributed by atoms with E-state index in [1.165, 1.54) is 25.3 Å². The average Bonchev–Trinajstić information content (AvgIpc) is 2.40. The van der Waals surface area contributed by atoms with Crippen LogP contribution in [0.3, 0.4) is 0 Å². The fourth-order valence-corrected chi connectivity index (χ4v) is 2.05. The molecule has 0 aliphatic carbocycles. The maximum absolute atomic E-state index is 12.5. The third kappa shape index (κ3) is 3.81. The fraction of sp³-hybridized carbons (Fsp3) is 0.143. The van der Waals surface area contributed by atoms with Crippen LogP contribution in [0.2, 0.25) is 0 Å². The van der Waals surface area contributed by atoms with Crippen LogP contribution in [0.4, 0.5) is 24.7 Å². The maximum atomic E-state index is 12.5. The zero-order valence-corrected chi connectivity index (χ0v) is 12.4. The zero-order chi connectivity index (χ0) is 15.6. The number of carbonyl (C=O) groups excluding carboxylic acids is 1. The molecule has 0 bridgehead atoms. The Hall–Kier alpha value is -1.89. The minimum absolute atomic E-state index is 0.121. The number of hydrogen-bond acceptors (Lipinski definition) is 3. The highest BCUT2D eigenvalue weighted by Crippen LogP contribution is 2.31. The number of Topliss-reactive ketones (excluding diaryl/α,β-unsaturated/α-hetero) is 1. The van der Waals surface area contributed by atoms with Crippen LogP contribution in [0.1, 0.15) is 22.8 Å². The van der Waals surface area contributed by atoms with Gasteiger partial charge in [-0.1, -0.05) is 0 Å². The van der Waals surface area contributed by atoms with Gasteiger partial charge in [0.15, 0.2) is 5.78 Å². The molecule has 0 fully saturated rings. The van der Waals surface area contributed by atoms with E-state index in [4.69, 9.17) is 0 Å². The molecule has 0 saturated heterocycles. The lowest BCUT2D eigenvalue weighted by atomic mass is 10.2. The predicted molar refractivity (Wildman–Crippen MR) is 76.7 cm³/mol. The van der Waals surface area contributed by atoms with E-state index in [1.807, 2.05) is 0 Å². The molecule has 0 radical (unpaired) electrons. The van der Waals surface area contributed by atoms with Gasteiger partial charge < -0.3 is 5.32 Å². The number of hydrogen-bond donors (Lipinski definition) is 1. The highest BCUT2D eigenvalue weighted by atomic mass is 79.9. The second-order valence-electron chi connectivity index (χ2n) is 4.31. The van der Waals surface area contributed by atoms with Gasteiger partial charge in [0.2, 0.25) is 0 Å². The van der Waals surface area contributed by atoms with Crippen LogP contribution in [-0.4, -0.2) is 10.8 Å². The lowest BCUT2D eigenvalue weighted by Crippen LogP contribution is -2.04. The highest BCUT2D eigenvalue weighted by Gasteiger charge is 2.29. The summed E-state index contributed by atoms with van der Waals surface area (Å²) in [5, 5.41) is 2.88. The van der Waals surface area contributed by atoms with Gasteiger partial charge in [-0.15, -0.1) is 0 Å². The number of anilines is 2. The summed E-state index contributed by atoms with van der Waals surface area (Å²) in [6.07, 6.45) is -2.96. The second kappa shape index (κ2) is 5.85. The van der Waals surface area contributed by atoms with Crippen molar-refractivity contribution in [2.45, 2.75) is 13.1 Å². The standard InChI is InChI=1S/C14H10BrF3N2O/c1-8(21)9-6-12(15)13(19-7-9)20-11-4-2-10(3-5-11)14(16,17)18/h2-7H,1H3,(H,19,20). The number of halogens is 4. The first-order valence-corrected chi connectivity index (χ1v) is 6.67. The molecule has 110 valence electrons. The van der Waals surface area contributed by atoms with Crippen LogP contribution in [0.5, 0.6) is 0 Å². The Morgan fingerprint density at radius 3 is 2.33 bits per heavy atom. The fourth-order valence-electron chi connectivity index (χ4n) is 1.60. The molecule has 3 nitrogen and oxygen atoms in total. The van der Waals surface area contributed by atoms with Gasteiger partial charge in [0.25, 0.3) is 0 Å². The molecular formula is C14H10BrF3N2O. The van der Waals surface area contributed by atoms with Gasteiger partial charge in [0.1, 0.15) is 5.82 Å². The quantitative estimate of drug-likeness (QED) is 0.800. The second-order valence-corrected chi connectivity index (χ2v) is 5.17. The SMILES string of the molecule is CC(=O)c1cnc(Nc2ccc(C(F)(F)F)cc2)c(Br)c1. The summed E-state index contributed by atoms with van der Waals surface area (Å²) >= 11 is 3.26. The molecule has 2 rings (SSSR count). The van der Waals surface area contributed by atoms with Crippen molar-refractivity contribution in [3.63, 3.8) is 0 Å². The third-order valence-electron chi connectivity index (χ3n) is 2.72. The molecular weight excluding hydrogens is 349 g/mol. The Bertz CT molecular complexity index is 669. The molecule has 0 unspecified atom stereocenters. The molecule has 1 N–H and O–H groups in total. The Kier molecular flexibility index (Phi) is 4.32. The van der Waals surface area contributed by atoms with Crippen molar-refractivity contribution in [1.82, 2.24) is 4.98 Å². The van der Waals surface area contributed by atoms with E-state index in [9.17, 15) is 18.0 Å². The van der Waals surface area contributed by atoms with Gasteiger partial charge in [-0.25, -0.2) is 4.98 Å². The summed E-state index contributed by atoms with van der Waals surface area (Å²) in [4.78, 5) is 15.3. The predicted octanol–water partition coefficient (Wildman–Crippen LogP) is 4.81. The summed E-state index contributed by atoms with van der Waals surface area (Å²) in [6.45, 7) is 1.42. The number of alkyl halides is 3. The van der Waals surface area contributed by atoms with Crippen LogP contribution in [0.25, 0.3) is 0 Å². The maximum Gasteiger partial charge on any atom is 0.416 e. The van der Waals surface area contributed by atoms with E-state index in [2.05, 4.69) is 26.2 Å². The molecule has 1 aromatic heterocycles. The third-order valence-corrected chi connectivity index (χ3v) is 3.33. The molecule has 1 heterocycles. The Labute approximate surface area is 127 Å². The number of ketones is 1. The minimum Gasteiger partial charge on any atom is -0.339 e. The normalized spacial score (nSPS) is 11.3. The van der Waals surface area contributed by atoms with Crippen molar-refractivity contribution in [3.8, 4) is 0 Å². The number of carbonyl (C=O) groups is 1. The summed E-state index contributed by atoms with van der Waals surface area (Å²) in [7, 11) is 0. The smallest absolute Gasteiger partial charge is 0.339 e. The van der Waals surface area contributed by atoms with Gasteiger partial charge >= 0.3 is 6.18 Å². The van der Waals surface area contributed by atoms with Gasteiger partial charge in [-0.3, -0.25) is 4.79 Å². The van der Waals surface area contributed by atoms with Gasteiger partial charge in [-0.05, 0) is 53.2 Å². The number of rotatable bonds is 3. The van der Waals surface area contributed by atoms with Crippen molar-refractivity contribution < 1.29 is 18.0 Å². The molecule has 0 spiro atoms. The Balaban J connectivity index is 2.20. The van der Waals surface area contributed by atoms with E-state index in [0.717, 1.165) is 12.1 Å². The van der Waals surface area contributed by atoms with Crippen LogP contribution in [0.15, 0.2) is 41.0 Å². The number of aromatic nitrogens is 1. The van der Waals surface area contributed by atoms with E-state index >= 15 is 0 Å². The molecule has 0 atom stereocenters. The number of nitrogens with zero attached hydrogens (tertiary/aromatic N) is 1. The van der Waals surface area contributed by atoms with Crippen LogP contribution in [-0.2, 0) is 6.18 Å². The van der Waals surface area contributed by atoms with E-state index < -0.39 is 11.7 Å². The average molecular weight is 359 g/mol. The highest BCUT2D eigenvalue weighted by molar-refractivity contribution is 9.10. The van der Waals surface area contributed by atoms with E-state index in [0.29, 0.717) is 21.5 Å². The Morgan fingerprint density at radius 1 is 1.24 bits per heavy atom. The molecule has 7 heteroatoms. The lowest BCUT2D eigenvalue weighted by molar-refractivity contribution is -0.137. The molecule has 21 heavy (non-hydrogen) atoms. The molecule has 2 aromatic rings. The van der Waals surface area contributed by atoms with Crippen molar-refractivity contribution in [3.05, 3.63) is 52.1 Å². The number of nitrogens with one attached hydrogen (secondary N) is 1. The molecule has 0 aliphatic rings. The number of pyridine rings is 1. The van der Waals surface area contributed by atoms with Crippen molar-refractivity contribution in [2.24, 2.45) is 0 Å². The van der Waals surface area contributed by atoms with Gasteiger partial charge in [0.05, 0.1) is 10.0 Å². The van der Waals surface area contributed by atoms with E-state index in [1.54, 1.807) is 6.07 Å². The first-order chi connectivity index (χ1) is 9.77. The van der Waals surface area contributed by atoms with Gasteiger partial charge in [-0.2, -0.15) is 13.2 Å². The van der Waals surface area contributed by atoms with E-state index in [-0.39, 0.29) is 5.78 Å². The van der Waals surface area contributed by atoms with Crippen LogP contribution < -0.4 is 5.32 Å². The monoisotopic (exact) mass is 358 g/mol. The summed E-state index contributed by atoms with van der Waals surface area (Å²) in [5.74, 6) is 0.295. The topological polar surface area (TPSA) is 42.0 Å². The summed E-state index contributed by atoms with van der Waals surface area (Å²) < 4.78 is 37.9. The van der Waals surface area contributed by atoms with Crippen LogP contribution in [0, 0.1) is 0 Å². The first-order valence-electron chi connectivity index (χ1n) is 5.88. The number of benzene rings is 1. The summed E-state index contributed by atoms with van der Waals surface area (Å²) in [5.41, 5.74) is 0.193. The molecule has 0 aliphatic heterocycles. The van der Waals surface area contributed by atoms with Crippen LogP contribution >= 0.6 is 15.9 Å². The first kappa shape index (κ1) is 15.5. The molecule has 0 amide bonds. The minimum atomic E-state index is -4.36. The molecule has 0 saturated carbocycles. The summed E-state index contributed by atoms with van der Waals surface area (Å²) in [6, 6.07) is 6.20. The van der Waals surface area contributed by atoms with Crippen molar-refractivity contribution in [2.75, 3.05) is 5.32 Å². The lowest BCUT2D eigenvalue weighted by Gasteiger charge is -2.10. The Morgan fingerprint density at radius 2 is 1.86 bits per heavy atom. The van der Waals surface area contributed by atoms with Crippen molar-refractivity contribution in [1.29, 1.82) is 0 Å². The molecule has 1 aromatic carbocycles. The largest absolute Gasteiger partial charge is 0.416 e. The zero-order valence-electron chi connectivity index (χ0n) is 10.8. The van der Waals surface area contributed by atoms with Gasteiger partial charge in [0, 0.05) is 17.4 Å². The van der Waals surface area contributed by atoms with Crippen molar-refractivity contribution >= 4 is 33.2 Å².